The molecule has 2 rings (SSSR count). The van der Waals surface area contributed by atoms with E-state index >= 15 is 0 Å². The van der Waals surface area contributed by atoms with Gasteiger partial charge in [-0.3, -0.25) is 11.3 Å². The van der Waals surface area contributed by atoms with Crippen LogP contribution >= 0.6 is 11.6 Å². The number of hydrogen-bond acceptors (Lipinski definition) is 2. The van der Waals surface area contributed by atoms with E-state index in [9.17, 15) is 4.39 Å². The summed E-state index contributed by atoms with van der Waals surface area (Å²) in [5.41, 5.74) is 3.77. The number of hydrogen-bond donors (Lipinski definition) is 2. The third kappa shape index (κ3) is 4.18. The van der Waals surface area contributed by atoms with Crippen molar-refractivity contribution in [3.05, 3.63) is 34.6 Å². The molecule has 21 heavy (non-hydrogen) atoms. The van der Waals surface area contributed by atoms with Gasteiger partial charge in [-0.05, 0) is 61.5 Å². The van der Waals surface area contributed by atoms with Crippen molar-refractivity contribution in [2.24, 2.45) is 23.6 Å². The molecule has 3 N–H and O–H groups in total. The Morgan fingerprint density at radius 1 is 1.24 bits per heavy atom. The van der Waals surface area contributed by atoms with Crippen LogP contribution < -0.4 is 11.3 Å². The van der Waals surface area contributed by atoms with Crippen molar-refractivity contribution in [1.29, 1.82) is 0 Å². The zero-order valence-corrected chi connectivity index (χ0v) is 13.7. The van der Waals surface area contributed by atoms with Gasteiger partial charge >= 0.3 is 0 Å². The maximum absolute atomic E-state index is 13.5. The number of nitrogens with two attached hydrogens (primary N) is 1. The Balaban J connectivity index is 1.99. The van der Waals surface area contributed by atoms with Gasteiger partial charge in [0.1, 0.15) is 5.82 Å². The molecule has 0 radical (unpaired) electrons. The van der Waals surface area contributed by atoms with E-state index in [0.717, 1.165) is 17.4 Å². The van der Waals surface area contributed by atoms with Crippen molar-refractivity contribution >= 4 is 11.6 Å². The molecule has 0 saturated heterocycles. The van der Waals surface area contributed by atoms with Crippen molar-refractivity contribution in [1.82, 2.24) is 5.43 Å². The lowest BCUT2D eigenvalue weighted by atomic mass is 9.74. The van der Waals surface area contributed by atoms with Crippen LogP contribution in [0, 0.1) is 23.6 Å². The molecule has 0 bridgehead atoms. The number of benzene rings is 1. The highest BCUT2D eigenvalue weighted by Gasteiger charge is 2.28. The van der Waals surface area contributed by atoms with Gasteiger partial charge in [0.2, 0.25) is 0 Å². The van der Waals surface area contributed by atoms with E-state index in [1.54, 1.807) is 6.07 Å². The lowest BCUT2D eigenvalue weighted by Crippen LogP contribution is -2.44. The first-order valence-corrected chi connectivity index (χ1v) is 8.29. The lowest BCUT2D eigenvalue weighted by Gasteiger charge is -2.35. The summed E-state index contributed by atoms with van der Waals surface area (Å²) >= 11 is 6.05. The van der Waals surface area contributed by atoms with Gasteiger partial charge in [0.05, 0.1) is 5.02 Å². The highest BCUT2D eigenvalue weighted by Crippen LogP contribution is 2.35. The smallest absolute Gasteiger partial charge is 0.142 e. The van der Waals surface area contributed by atoms with Crippen LogP contribution in [0.25, 0.3) is 0 Å². The molecule has 1 aromatic rings. The van der Waals surface area contributed by atoms with Gasteiger partial charge in [0.25, 0.3) is 0 Å². The summed E-state index contributed by atoms with van der Waals surface area (Å²) in [6.45, 7) is 4.60. The Hall–Kier alpha value is -0.640. The van der Waals surface area contributed by atoms with Gasteiger partial charge in [-0.1, -0.05) is 37.6 Å². The largest absolute Gasteiger partial charge is 0.271 e. The van der Waals surface area contributed by atoms with Crippen LogP contribution in [0.3, 0.4) is 0 Å². The topological polar surface area (TPSA) is 38.0 Å². The Bertz CT molecular complexity index is 456. The molecule has 0 heterocycles. The van der Waals surface area contributed by atoms with Crippen molar-refractivity contribution < 1.29 is 4.39 Å². The fourth-order valence-corrected chi connectivity index (χ4v) is 3.72. The van der Waals surface area contributed by atoms with Crippen LogP contribution in [0.5, 0.6) is 0 Å². The maximum Gasteiger partial charge on any atom is 0.142 e. The summed E-state index contributed by atoms with van der Waals surface area (Å²) in [5.74, 6) is 7.53. The fourth-order valence-electron chi connectivity index (χ4n) is 3.52. The summed E-state index contributed by atoms with van der Waals surface area (Å²) in [7, 11) is 0. The van der Waals surface area contributed by atoms with E-state index in [1.807, 2.05) is 6.07 Å². The van der Waals surface area contributed by atoms with Crippen molar-refractivity contribution in [2.45, 2.75) is 52.0 Å². The molecule has 1 fully saturated rings. The van der Waals surface area contributed by atoms with E-state index in [0.29, 0.717) is 12.3 Å². The first-order chi connectivity index (χ1) is 10.0. The first kappa shape index (κ1) is 16.7. The van der Waals surface area contributed by atoms with E-state index in [-0.39, 0.29) is 16.9 Å². The van der Waals surface area contributed by atoms with Crippen LogP contribution in [0.1, 0.15) is 45.1 Å². The third-order valence-electron chi connectivity index (χ3n) is 5.01. The predicted octanol–water partition coefficient (Wildman–Crippen LogP) is 4.32. The lowest BCUT2D eigenvalue weighted by molar-refractivity contribution is 0.188. The molecule has 0 amide bonds. The van der Waals surface area contributed by atoms with E-state index in [1.165, 1.54) is 31.7 Å². The van der Waals surface area contributed by atoms with Crippen molar-refractivity contribution in [2.75, 3.05) is 0 Å². The van der Waals surface area contributed by atoms with E-state index in [4.69, 9.17) is 17.4 Å². The number of hydrazine groups is 1. The highest BCUT2D eigenvalue weighted by atomic mass is 35.5. The minimum Gasteiger partial charge on any atom is -0.271 e. The molecule has 1 aromatic carbocycles. The maximum atomic E-state index is 13.5. The van der Waals surface area contributed by atoms with E-state index < -0.39 is 0 Å². The summed E-state index contributed by atoms with van der Waals surface area (Å²) in [6.07, 6.45) is 5.58. The minimum absolute atomic E-state index is 0.164. The van der Waals surface area contributed by atoms with Gasteiger partial charge in [0, 0.05) is 6.04 Å². The number of rotatable bonds is 5. The van der Waals surface area contributed by atoms with Crippen molar-refractivity contribution in [3.8, 4) is 0 Å². The van der Waals surface area contributed by atoms with Gasteiger partial charge in [-0.25, -0.2) is 4.39 Å². The quantitative estimate of drug-likeness (QED) is 0.628. The normalized spacial score (nSPS) is 24.3. The number of nitrogens with one attached hydrogen (secondary N) is 1. The SMILES string of the molecule is CC(C)C1CCC(C(Cc2cccc(F)c2Cl)NN)CC1. The molecule has 0 spiro atoms. The highest BCUT2D eigenvalue weighted by molar-refractivity contribution is 6.31. The zero-order chi connectivity index (χ0) is 15.4. The molecule has 118 valence electrons. The average Bonchev–Trinajstić information content (AvgIpc) is 2.49. The molecule has 2 nitrogen and oxygen atoms in total. The molecule has 1 aliphatic carbocycles. The van der Waals surface area contributed by atoms with Gasteiger partial charge in [0.15, 0.2) is 0 Å². The van der Waals surface area contributed by atoms with Gasteiger partial charge in [-0.2, -0.15) is 0 Å². The summed E-state index contributed by atoms with van der Waals surface area (Å²) in [4.78, 5) is 0. The molecule has 1 saturated carbocycles. The van der Waals surface area contributed by atoms with Crippen LogP contribution in [0.4, 0.5) is 4.39 Å². The monoisotopic (exact) mass is 312 g/mol. The van der Waals surface area contributed by atoms with Crippen LogP contribution in [-0.2, 0) is 6.42 Å². The van der Waals surface area contributed by atoms with Crippen LogP contribution in [0.2, 0.25) is 5.02 Å². The molecule has 0 aliphatic heterocycles. The molecule has 1 aliphatic rings. The third-order valence-corrected chi connectivity index (χ3v) is 5.44. The summed E-state index contributed by atoms with van der Waals surface area (Å²) in [6, 6.07) is 5.15. The minimum atomic E-state index is -0.353. The Morgan fingerprint density at radius 2 is 1.86 bits per heavy atom. The summed E-state index contributed by atoms with van der Waals surface area (Å²) in [5, 5.41) is 0.230. The Morgan fingerprint density at radius 3 is 2.43 bits per heavy atom. The molecule has 1 unspecified atom stereocenters. The molecule has 0 aromatic heterocycles. The van der Waals surface area contributed by atoms with Crippen molar-refractivity contribution in [3.63, 3.8) is 0 Å². The predicted molar refractivity (Wildman–Crippen MR) is 86.5 cm³/mol. The van der Waals surface area contributed by atoms with Crippen LogP contribution in [0.15, 0.2) is 18.2 Å². The fraction of sp³-hybridized carbons (Fsp3) is 0.647. The molecule has 4 heteroatoms. The van der Waals surface area contributed by atoms with E-state index in [2.05, 4.69) is 19.3 Å². The zero-order valence-electron chi connectivity index (χ0n) is 12.9. The molecular formula is C17H26ClFN2. The Kier molecular flexibility index (Phi) is 6.03. The standard InChI is InChI=1S/C17H26ClFN2/c1-11(2)12-6-8-13(9-7-12)16(21-20)10-14-4-3-5-15(19)17(14)18/h3-5,11-13,16,21H,6-10,20H2,1-2H3. The second kappa shape index (κ2) is 7.57. The average molecular weight is 313 g/mol. The second-order valence-electron chi connectivity index (χ2n) is 6.61. The molecule has 1 atom stereocenters. The van der Waals surface area contributed by atoms with Crippen LogP contribution in [-0.4, -0.2) is 6.04 Å². The first-order valence-electron chi connectivity index (χ1n) is 7.92. The number of halogens is 2. The van der Waals surface area contributed by atoms with Gasteiger partial charge in [-0.15, -0.1) is 0 Å². The summed E-state index contributed by atoms with van der Waals surface area (Å²) < 4.78 is 13.5. The second-order valence-corrected chi connectivity index (χ2v) is 6.99. The molecular weight excluding hydrogens is 287 g/mol. The Labute approximate surface area is 132 Å². The van der Waals surface area contributed by atoms with Gasteiger partial charge < -0.3 is 0 Å².